The number of aryl methyl sites for hydroxylation is 1. The molecule has 0 saturated heterocycles. The summed E-state index contributed by atoms with van der Waals surface area (Å²) in [4.78, 5) is 25.3. The van der Waals surface area contributed by atoms with Gasteiger partial charge >= 0.3 is 0 Å². The Morgan fingerprint density at radius 1 is 1.22 bits per heavy atom. The van der Waals surface area contributed by atoms with E-state index in [1.54, 1.807) is 19.1 Å². The maximum absolute atomic E-state index is 11.7. The number of ether oxygens (including phenoxy) is 2. The van der Waals surface area contributed by atoms with Crippen LogP contribution in [-0.4, -0.2) is 24.5 Å². The van der Waals surface area contributed by atoms with Crippen LogP contribution in [0.15, 0.2) is 16.9 Å². The number of benzene rings is 1. The molecule has 1 aliphatic heterocycles. The smallest absolute Gasteiger partial charge is 0.259 e. The van der Waals surface area contributed by atoms with Gasteiger partial charge in [-0.15, -0.1) is 0 Å². The highest BCUT2D eigenvalue weighted by Crippen LogP contribution is 2.34. The lowest BCUT2D eigenvalue weighted by Gasteiger charge is -2.19. The van der Waals surface area contributed by atoms with Crippen molar-refractivity contribution in [2.24, 2.45) is 0 Å². The van der Waals surface area contributed by atoms with Crippen LogP contribution in [0.5, 0.6) is 11.5 Å². The molecule has 92 valence electrons. The predicted octanol–water partition coefficient (Wildman–Crippen LogP) is 1.42. The van der Waals surface area contributed by atoms with Crippen LogP contribution in [0, 0.1) is 6.92 Å². The summed E-state index contributed by atoms with van der Waals surface area (Å²) in [7, 11) is 0. The number of rotatable bonds is 1. The van der Waals surface area contributed by atoms with Crippen molar-refractivity contribution in [1.29, 1.82) is 0 Å². The third kappa shape index (κ3) is 1.48. The standard InChI is InChI=1S/C13H11NO4/c1-7-8-4-11-12(18-3-2-17-11)5-10(8)14-13(16)9(7)6-15/h4-6H,2-3H2,1H3,(H,14,16). The zero-order valence-electron chi connectivity index (χ0n) is 9.78. The normalized spacial score (nSPS) is 13.6. The van der Waals surface area contributed by atoms with Gasteiger partial charge in [0.05, 0.1) is 11.1 Å². The zero-order chi connectivity index (χ0) is 12.7. The van der Waals surface area contributed by atoms with Gasteiger partial charge in [-0.1, -0.05) is 0 Å². The van der Waals surface area contributed by atoms with E-state index in [-0.39, 0.29) is 11.1 Å². The lowest BCUT2D eigenvalue weighted by Crippen LogP contribution is -2.17. The average molecular weight is 245 g/mol. The van der Waals surface area contributed by atoms with Crippen LogP contribution in [0.25, 0.3) is 10.9 Å². The minimum Gasteiger partial charge on any atom is -0.486 e. The molecule has 0 aliphatic carbocycles. The Labute approximate surface area is 102 Å². The Morgan fingerprint density at radius 3 is 2.56 bits per heavy atom. The van der Waals surface area contributed by atoms with Crippen LogP contribution < -0.4 is 15.0 Å². The van der Waals surface area contributed by atoms with Crippen molar-refractivity contribution in [2.75, 3.05) is 13.2 Å². The summed E-state index contributed by atoms with van der Waals surface area (Å²) in [5, 5.41) is 0.793. The molecule has 0 spiro atoms. The minimum atomic E-state index is -0.383. The Balaban J connectivity index is 2.38. The van der Waals surface area contributed by atoms with Gasteiger partial charge in [0.15, 0.2) is 17.8 Å². The van der Waals surface area contributed by atoms with Crippen molar-refractivity contribution >= 4 is 17.2 Å². The second-order valence-electron chi connectivity index (χ2n) is 4.15. The number of nitrogens with one attached hydrogen (secondary N) is 1. The molecular weight excluding hydrogens is 234 g/mol. The molecule has 2 heterocycles. The third-order valence-electron chi connectivity index (χ3n) is 3.10. The molecule has 0 amide bonds. The molecule has 5 heteroatoms. The molecule has 1 aliphatic rings. The molecule has 0 atom stereocenters. The molecule has 5 nitrogen and oxygen atoms in total. The van der Waals surface area contributed by atoms with Gasteiger partial charge in [-0.25, -0.2) is 0 Å². The molecule has 1 aromatic heterocycles. The number of fused-ring (bicyclic) bond motifs is 2. The van der Waals surface area contributed by atoms with E-state index in [1.807, 2.05) is 0 Å². The molecule has 0 fully saturated rings. The third-order valence-corrected chi connectivity index (χ3v) is 3.10. The zero-order valence-corrected chi connectivity index (χ0v) is 9.78. The number of hydrogen-bond acceptors (Lipinski definition) is 4. The summed E-state index contributed by atoms with van der Waals surface area (Å²) in [5.41, 5.74) is 1.07. The van der Waals surface area contributed by atoms with Gasteiger partial charge in [-0.3, -0.25) is 9.59 Å². The van der Waals surface area contributed by atoms with E-state index in [4.69, 9.17) is 9.47 Å². The molecule has 0 radical (unpaired) electrons. The lowest BCUT2D eigenvalue weighted by atomic mass is 10.0. The van der Waals surface area contributed by atoms with E-state index in [0.717, 1.165) is 5.39 Å². The summed E-state index contributed by atoms with van der Waals surface area (Å²) in [6, 6.07) is 3.52. The van der Waals surface area contributed by atoms with Crippen molar-refractivity contribution in [3.05, 3.63) is 33.6 Å². The fraction of sp³-hybridized carbons (Fsp3) is 0.231. The molecule has 0 unspecified atom stereocenters. The van der Waals surface area contributed by atoms with Crippen molar-refractivity contribution in [3.8, 4) is 11.5 Å². The summed E-state index contributed by atoms with van der Waals surface area (Å²) < 4.78 is 10.9. The van der Waals surface area contributed by atoms with E-state index in [2.05, 4.69) is 4.98 Å². The summed E-state index contributed by atoms with van der Waals surface area (Å²) in [5.74, 6) is 1.25. The lowest BCUT2D eigenvalue weighted by molar-refractivity contribution is 0.112. The molecule has 0 bridgehead atoms. The minimum absolute atomic E-state index is 0.152. The van der Waals surface area contributed by atoms with Crippen LogP contribution >= 0.6 is 0 Å². The SMILES string of the molecule is Cc1c(C=O)c(=O)[nH]c2cc3c(cc12)OCCO3. The second-order valence-corrected chi connectivity index (χ2v) is 4.15. The first-order valence-electron chi connectivity index (χ1n) is 5.62. The van der Waals surface area contributed by atoms with Gasteiger partial charge in [0.2, 0.25) is 0 Å². The number of carbonyl (C=O) groups is 1. The first kappa shape index (κ1) is 10.8. The number of aromatic nitrogens is 1. The van der Waals surface area contributed by atoms with Crippen LogP contribution in [0.2, 0.25) is 0 Å². The predicted molar refractivity (Wildman–Crippen MR) is 65.7 cm³/mol. The molecule has 0 saturated carbocycles. The van der Waals surface area contributed by atoms with Gasteiger partial charge in [0.1, 0.15) is 13.2 Å². The van der Waals surface area contributed by atoms with Crippen molar-refractivity contribution in [2.45, 2.75) is 6.92 Å². The highest BCUT2D eigenvalue weighted by atomic mass is 16.6. The Kier molecular flexibility index (Phi) is 2.33. The maximum atomic E-state index is 11.7. The van der Waals surface area contributed by atoms with Gasteiger partial charge in [-0.2, -0.15) is 0 Å². The maximum Gasteiger partial charge on any atom is 0.259 e. The summed E-state index contributed by atoms with van der Waals surface area (Å²) in [6.07, 6.45) is 0.574. The summed E-state index contributed by atoms with van der Waals surface area (Å²) in [6.45, 7) is 2.74. The van der Waals surface area contributed by atoms with Gasteiger partial charge in [0.25, 0.3) is 5.56 Å². The summed E-state index contributed by atoms with van der Waals surface area (Å²) >= 11 is 0. The van der Waals surface area contributed by atoms with Crippen molar-refractivity contribution < 1.29 is 14.3 Å². The van der Waals surface area contributed by atoms with E-state index >= 15 is 0 Å². The number of hydrogen-bond donors (Lipinski definition) is 1. The first-order valence-corrected chi connectivity index (χ1v) is 5.62. The van der Waals surface area contributed by atoms with E-state index in [1.165, 1.54) is 0 Å². The van der Waals surface area contributed by atoms with Crippen LogP contribution in [0.1, 0.15) is 15.9 Å². The highest BCUT2D eigenvalue weighted by molar-refractivity contribution is 5.91. The van der Waals surface area contributed by atoms with Crippen LogP contribution in [0.4, 0.5) is 0 Å². The Morgan fingerprint density at radius 2 is 1.89 bits per heavy atom. The Bertz CT molecular complexity index is 702. The average Bonchev–Trinajstić information content (AvgIpc) is 2.37. The second kappa shape index (κ2) is 3.87. The quantitative estimate of drug-likeness (QED) is 0.771. The topological polar surface area (TPSA) is 68.4 Å². The first-order chi connectivity index (χ1) is 8.70. The Hall–Kier alpha value is -2.30. The number of aromatic amines is 1. The van der Waals surface area contributed by atoms with Crippen molar-refractivity contribution in [3.63, 3.8) is 0 Å². The fourth-order valence-corrected chi connectivity index (χ4v) is 2.15. The molecule has 1 aromatic carbocycles. The largest absolute Gasteiger partial charge is 0.486 e. The fourth-order valence-electron chi connectivity index (χ4n) is 2.15. The van der Waals surface area contributed by atoms with Gasteiger partial charge < -0.3 is 14.5 Å². The van der Waals surface area contributed by atoms with E-state index < -0.39 is 0 Å². The van der Waals surface area contributed by atoms with Crippen molar-refractivity contribution in [1.82, 2.24) is 4.98 Å². The van der Waals surface area contributed by atoms with Crippen LogP contribution in [0.3, 0.4) is 0 Å². The number of aldehydes is 1. The monoisotopic (exact) mass is 245 g/mol. The highest BCUT2D eigenvalue weighted by Gasteiger charge is 2.16. The molecule has 3 rings (SSSR count). The molecular formula is C13H11NO4. The number of pyridine rings is 1. The molecule has 18 heavy (non-hydrogen) atoms. The van der Waals surface area contributed by atoms with Crippen LogP contribution in [-0.2, 0) is 0 Å². The molecule has 2 aromatic rings. The van der Waals surface area contributed by atoms with E-state index in [9.17, 15) is 9.59 Å². The number of H-pyrrole nitrogens is 1. The molecule has 1 N–H and O–H groups in total. The number of carbonyl (C=O) groups excluding carboxylic acids is 1. The van der Waals surface area contributed by atoms with E-state index in [0.29, 0.717) is 42.1 Å². The van der Waals surface area contributed by atoms with Gasteiger partial charge in [0, 0.05) is 11.5 Å². The van der Waals surface area contributed by atoms with Gasteiger partial charge in [-0.05, 0) is 18.6 Å².